The molecule has 4 rings (SSSR count). The first-order valence-corrected chi connectivity index (χ1v) is 9.32. The lowest BCUT2D eigenvalue weighted by Crippen LogP contribution is -2.49. The number of nitrogens with two attached hydrogens (primary N) is 1. The molecule has 1 atom stereocenters. The van der Waals surface area contributed by atoms with Crippen LogP contribution in [0.15, 0.2) is 48.5 Å². The highest BCUT2D eigenvalue weighted by molar-refractivity contribution is 6.10. The molecule has 1 amide bonds. The van der Waals surface area contributed by atoms with Crippen LogP contribution in [0.2, 0.25) is 0 Å². The molecule has 146 valence electrons. The first-order chi connectivity index (χ1) is 13.5. The van der Waals surface area contributed by atoms with Crippen molar-refractivity contribution in [3.63, 3.8) is 0 Å². The monoisotopic (exact) mass is 381 g/mol. The zero-order valence-corrected chi connectivity index (χ0v) is 15.5. The van der Waals surface area contributed by atoms with Crippen molar-refractivity contribution in [3.8, 4) is 0 Å². The van der Waals surface area contributed by atoms with Crippen LogP contribution in [0, 0.1) is 0 Å². The van der Waals surface area contributed by atoms with Crippen LogP contribution in [0.5, 0.6) is 0 Å². The fourth-order valence-corrected chi connectivity index (χ4v) is 3.81. The highest BCUT2D eigenvalue weighted by Crippen LogP contribution is 2.43. The Hall–Kier alpha value is -2.74. The van der Waals surface area contributed by atoms with E-state index in [4.69, 9.17) is 10.5 Å². The van der Waals surface area contributed by atoms with Crippen LogP contribution in [0.25, 0.3) is 0 Å². The fraction of sp³-hybridized carbons (Fsp3) is 0.333. The van der Waals surface area contributed by atoms with E-state index in [0.29, 0.717) is 55.5 Å². The maximum Gasteiger partial charge on any atom is 0.265 e. The van der Waals surface area contributed by atoms with Crippen molar-refractivity contribution >= 4 is 23.1 Å². The Morgan fingerprint density at radius 3 is 2.64 bits per heavy atom. The predicted molar refractivity (Wildman–Crippen MR) is 105 cm³/mol. The maximum atomic E-state index is 13.2. The number of para-hydroxylation sites is 1. The topological polar surface area (TPSA) is 96.1 Å². The number of ketones is 1. The number of hydrogen-bond acceptors (Lipinski definition) is 6. The van der Waals surface area contributed by atoms with E-state index in [9.17, 15) is 14.7 Å². The van der Waals surface area contributed by atoms with Gasteiger partial charge in [0.15, 0.2) is 11.4 Å². The van der Waals surface area contributed by atoms with Gasteiger partial charge in [0.2, 0.25) is 0 Å². The standard InChI is InChI=1S/C21H23N3O4/c22-16-5-3-4-15(12-16)19(25)13-21(27)17-6-1-2-7-18(17)24(20(21)26)14-23-8-10-28-11-9-23/h1-7,12,27H,8-11,13-14,22H2/t21-/m1/s1. The van der Waals surface area contributed by atoms with E-state index >= 15 is 0 Å². The van der Waals surface area contributed by atoms with E-state index in [2.05, 4.69) is 4.90 Å². The second kappa shape index (κ2) is 7.35. The number of anilines is 2. The maximum absolute atomic E-state index is 13.2. The molecule has 7 heteroatoms. The van der Waals surface area contributed by atoms with Gasteiger partial charge in [0, 0.05) is 29.9 Å². The van der Waals surface area contributed by atoms with Gasteiger partial charge in [0.05, 0.1) is 32.0 Å². The molecule has 0 aliphatic carbocycles. The SMILES string of the molecule is Nc1cccc(C(=O)C[C@]2(O)C(=O)N(CN3CCOCC3)c3ccccc32)c1. The van der Waals surface area contributed by atoms with Gasteiger partial charge >= 0.3 is 0 Å². The first-order valence-electron chi connectivity index (χ1n) is 9.32. The van der Waals surface area contributed by atoms with Gasteiger partial charge in [0.25, 0.3) is 5.91 Å². The number of ether oxygens (including phenoxy) is 1. The molecule has 0 bridgehead atoms. The number of nitrogens with zero attached hydrogens (tertiary/aromatic N) is 2. The molecule has 0 spiro atoms. The summed E-state index contributed by atoms with van der Waals surface area (Å²) in [6.07, 6.45) is -0.327. The summed E-state index contributed by atoms with van der Waals surface area (Å²) in [5.41, 5.74) is 5.82. The summed E-state index contributed by atoms with van der Waals surface area (Å²) in [7, 11) is 0. The normalized spacial score (nSPS) is 22.3. The van der Waals surface area contributed by atoms with Gasteiger partial charge in [0.1, 0.15) is 0 Å². The molecule has 2 aliphatic rings. The summed E-state index contributed by atoms with van der Waals surface area (Å²) in [4.78, 5) is 29.7. The summed E-state index contributed by atoms with van der Waals surface area (Å²) >= 11 is 0. The van der Waals surface area contributed by atoms with Crippen LogP contribution in [-0.2, 0) is 15.1 Å². The molecule has 2 aromatic rings. The molecular formula is C21H23N3O4. The highest BCUT2D eigenvalue weighted by atomic mass is 16.5. The van der Waals surface area contributed by atoms with Gasteiger partial charge < -0.3 is 15.6 Å². The van der Waals surface area contributed by atoms with Gasteiger partial charge in [-0.2, -0.15) is 0 Å². The minimum Gasteiger partial charge on any atom is -0.399 e. The molecule has 2 heterocycles. The number of Topliss-reactive ketones (excluding diaryl/α,β-unsaturated/α-hetero) is 1. The Balaban J connectivity index is 1.62. The van der Waals surface area contributed by atoms with Crippen LogP contribution in [-0.4, -0.2) is 54.7 Å². The summed E-state index contributed by atoms with van der Waals surface area (Å²) in [6.45, 7) is 3.01. The smallest absolute Gasteiger partial charge is 0.265 e. The zero-order valence-electron chi connectivity index (χ0n) is 15.5. The molecule has 1 fully saturated rings. The van der Waals surface area contributed by atoms with Gasteiger partial charge in [-0.3, -0.25) is 19.4 Å². The van der Waals surface area contributed by atoms with Crippen molar-refractivity contribution in [2.45, 2.75) is 12.0 Å². The van der Waals surface area contributed by atoms with E-state index in [1.807, 2.05) is 6.07 Å². The lowest BCUT2D eigenvalue weighted by Gasteiger charge is -2.31. The predicted octanol–water partition coefficient (Wildman–Crippen LogP) is 1.37. The Morgan fingerprint density at radius 2 is 1.89 bits per heavy atom. The molecule has 3 N–H and O–H groups in total. The van der Waals surface area contributed by atoms with E-state index in [1.54, 1.807) is 47.4 Å². The quantitative estimate of drug-likeness (QED) is 0.600. The van der Waals surface area contributed by atoms with Gasteiger partial charge in [-0.25, -0.2) is 0 Å². The van der Waals surface area contributed by atoms with Crippen molar-refractivity contribution in [2.24, 2.45) is 0 Å². The number of benzene rings is 2. The lowest BCUT2D eigenvalue weighted by atomic mass is 9.88. The molecule has 0 saturated carbocycles. The Morgan fingerprint density at radius 1 is 1.14 bits per heavy atom. The van der Waals surface area contributed by atoms with Crippen LogP contribution in [0.4, 0.5) is 11.4 Å². The molecule has 2 aliphatic heterocycles. The average molecular weight is 381 g/mol. The molecule has 1 saturated heterocycles. The fourth-order valence-electron chi connectivity index (χ4n) is 3.81. The van der Waals surface area contributed by atoms with Crippen molar-refractivity contribution in [1.29, 1.82) is 0 Å². The van der Waals surface area contributed by atoms with Crippen LogP contribution < -0.4 is 10.6 Å². The molecule has 28 heavy (non-hydrogen) atoms. The molecule has 0 unspecified atom stereocenters. The third-order valence-corrected chi connectivity index (χ3v) is 5.31. The Labute approximate surface area is 163 Å². The molecular weight excluding hydrogens is 358 g/mol. The van der Waals surface area contributed by atoms with Crippen LogP contribution >= 0.6 is 0 Å². The van der Waals surface area contributed by atoms with Gasteiger partial charge in [-0.15, -0.1) is 0 Å². The summed E-state index contributed by atoms with van der Waals surface area (Å²) < 4.78 is 5.36. The minimum atomic E-state index is -1.88. The van der Waals surface area contributed by atoms with Crippen molar-refractivity contribution < 1.29 is 19.4 Å². The third kappa shape index (κ3) is 3.28. The summed E-state index contributed by atoms with van der Waals surface area (Å²) in [5.74, 6) is -0.802. The van der Waals surface area contributed by atoms with Crippen LogP contribution in [0.1, 0.15) is 22.3 Å². The van der Waals surface area contributed by atoms with Crippen molar-refractivity contribution in [1.82, 2.24) is 4.90 Å². The molecule has 7 nitrogen and oxygen atoms in total. The number of aliphatic hydroxyl groups is 1. The first kappa shape index (κ1) is 18.6. The Bertz CT molecular complexity index is 910. The van der Waals surface area contributed by atoms with E-state index in [-0.39, 0.29) is 12.2 Å². The number of nitrogen functional groups attached to an aromatic ring is 1. The number of carbonyl (C=O) groups is 2. The molecule has 2 aromatic carbocycles. The van der Waals surface area contributed by atoms with Crippen LogP contribution in [0.3, 0.4) is 0 Å². The molecule has 0 aromatic heterocycles. The average Bonchev–Trinajstić information content (AvgIpc) is 2.91. The molecule has 0 radical (unpaired) electrons. The van der Waals surface area contributed by atoms with E-state index in [0.717, 1.165) is 0 Å². The van der Waals surface area contributed by atoms with E-state index in [1.165, 1.54) is 0 Å². The lowest BCUT2D eigenvalue weighted by molar-refractivity contribution is -0.136. The third-order valence-electron chi connectivity index (χ3n) is 5.31. The van der Waals surface area contributed by atoms with Gasteiger partial charge in [-0.05, 0) is 18.2 Å². The number of fused-ring (bicyclic) bond motifs is 1. The number of carbonyl (C=O) groups excluding carboxylic acids is 2. The van der Waals surface area contributed by atoms with Gasteiger partial charge in [-0.1, -0.05) is 30.3 Å². The number of hydrogen-bond donors (Lipinski definition) is 2. The second-order valence-electron chi connectivity index (χ2n) is 7.21. The second-order valence-corrected chi connectivity index (χ2v) is 7.21. The summed E-state index contributed by atoms with van der Waals surface area (Å²) in [6, 6.07) is 13.7. The number of amides is 1. The van der Waals surface area contributed by atoms with Crippen molar-refractivity contribution in [2.75, 3.05) is 43.6 Å². The number of rotatable bonds is 5. The Kier molecular flexibility index (Phi) is 4.89. The highest BCUT2D eigenvalue weighted by Gasteiger charge is 2.51. The minimum absolute atomic E-state index is 0.327. The van der Waals surface area contributed by atoms with Crippen molar-refractivity contribution in [3.05, 3.63) is 59.7 Å². The zero-order chi connectivity index (χ0) is 19.7. The largest absolute Gasteiger partial charge is 0.399 e. The summed E-state index contributed by atoms with van der Waals surface area (Å²) in [5, 5.41) is 11.3. The number of morpholine rings is 1. The van der Waals surface area contributed by atoms with E-state index < -0.39 is 11.5 Å².